The van der Waals surface area contributed by atoms with Gasteiger partial charge in [0.1, 0.15) is 0 Å². The molecular formula is C18H19ClN2. The predicted molar refractivity (Wildman–Crippen MR) is 87.0 cm³/mol. The summed E-state index contributed by atoms with van der Waals surface area (Å²) in [7, 11) is 0. The zero-order chi connectivity index (χ0) is 15.2. The van der Waals surface area contributed by atoms with Gasteiger partial charge in [0, 0.05) is 17.6 Å². The topological polar surface area (TPSA) is 35.8 Å². The molecule has 0 aromatic heterocycles. The van der Waals surface area contributed by atoms with E-state index in [-0.39, 0.29) is 6.04 Å². The van der Waals surface area contributed by atoms with E-state index in [4.69, 9.17) is 16.9 Å². The number of hydrogen-bond acceptors (Lipinski definition) is 2. The summed E-state index contributed by atoms with van der Waals surface area (Å²) < 4.78 is 0. The summed E-state index contributed by atoms with van der Waals surface area (Å²) in [5, 5.41) is 13.4. The van der Waals surface area contributed by atoms with Crippen molar-refractivity contribution in [2.24, 2.45) is 5.92 Å². The predicted octanol–water partition coefficient (Wildman–Crippen LogP) is 4.70. The summed E-state index contributed by atoms with van der Waals surface area (Å²) >= 11 is 5.95. The summed E-state index contributed by atoms with van der Waals surface area (Å²) in [4.78, 5) is 0. The fourth-order valence-corrected chi connectivity index (χ4v) is 2.54. The average molecular weight is 299 g/mol. The van der Waals surface area contributed by atoms with Crippen molar-refractivity contribution in [3.63, 3.8) is 0 Å². The number of nitrogens with one attached hydrogen (secondary N) is 1. The third-order valence-corrected chi connectivity index (χ3v) is 3.80. The lowest BCUT2D eigenvalue weighted by Gasteiger charge is -2.23. The molecule has 1 atom stereocenters. The van der Waals surface area contributed by atoms with E-state index in [0.717, 1.165) is 16.1 Å². The smallest absolute Gasteiger partial charge is 0.0995 e. The molecule has 0 amide bonds. The molecule has 2 rings (SSSR count). The fraction of sp³-hybridized carbons (Fsp3) is 0.278. The molecule has 0 spiro atoms. The van der Waals surface area contributed by atoms with Crippen LogP contribution in [0.5, 0.6) is 0 Å². The first kappa shape index (κ1) is 15.6. The van der Waals surface area contributed by atoms with Crippen molar-refractivity contribution in [2.45, 2.75) is 26.4 Å². The van der Waals surface area contributed by atoms with Crippen LogP contribution in [0.15, 0.2) is 48.5 Å². The second-order valence-electron chi connectivity index (χ2n) is 5.42. The molecule has 0 bridgehead atoms. The second kappa shape index (κ2) is 7.26. The van der Waals surface area contributed by atoms with Crippen LogP contribution in [0, 0.1) is 17.2 Å². The molecule has 0 heterocycles. The molecule has 1 unspecified atom stereocenters. The third-order valence-electron chi connectivity index (χ3n) is 3.55. The van der Waals surface area contributed by atoms with Gasteiger partial charge >= 0.3 is 0 Å². The van der Waals surface area contributed by atoms with E-state index in [2.05, 4.69) is 37.4 Å². The van der Waals surface area contributed by atoms with Crippen LogP contribution in [0.4, 0.5) is 0 Å². The van der Waals surface area contributed by atoms with Crippen LogP contribution in [-0.4, -0.2) is 0 Å². The summed E-state index contributed by atoms with van der Waals surface area (Å²) in [6, 6.07) is 18.1. The summed E-state index contributed by atoms with van der Waals surface area (Å²) in [5.74, 6) is 0.445. The first-order valence-corrected chi connectivity index (χ1v) is 7.46. The molecule has 0 saturated carbocycles. The van der Waals surface area contributed by atoms with E-state index >= 15 is 0 Å². The number of nitriles is 1. The average Bonchev–Trinajstić information content (AvgIpc) is 2.49. The van der Waals surface area contributed by atoms with Gasteiger partial charge in [0.15, 0.2) is 0 Å². The fourth-order valence-electron chi connectivity index (χ4n) is 2.41. The molecule has 0 aliphatic heterocycles. The van der Waals surface area contributed by atoms with Crippen LogP contribution in [0.2, 0.25) is 5.02 Å². The van der Waals surface area contributed by atoms with Gasteiger partial charge in [-0.2, -0.15) is 5.26 Å². The Balaban J connectivity index is 2.14. The summed E-state index contributed by atoms with van der Waals surface area (Å²) in [6.45, 7) is 5.04. The van der Waals surface area contributed by atoms with Gasteiger partial charge in [-0.05, 0) is 35.2 Å². The van der Waals surface area contributed by atoms with Crippen LogP contribution >= 0.6 is 11.6 Å². The van der Waals surface area contributed by atoms with E-state index in [1.807, 2.05) is 36.4 Å². The first-order valence-electron chi connectivity index (χ1n) is 7.08. The molecule has 0 aliphatic rings. The lowest BCUT2D eigenvalue weighted by Crippen LogP contribution is -2.25. The number of hydrogen-bond donors (Lipinski definition) is 1. The minimum atomic E-state index is 0.231. The molecule has 21 heavy (non-hydrogen) atoms. The molecule has 108 valence electrons. The summed E-state index contributed by atoms with van der Waals surface area (Å²) in [6.07, 6.45) is 0. The normalized spacial score (nSPS) is 12.1. The molecule has 2 nitrogen and oxygen atoms in total. The second-order valence-corrected chi connectivity index (χ2v) is 5.86. The van der Waals surface area contributed by atoms with E-state index in [1.54, 1.807) is 0 Å². The lowest BCUT2D eigenvalue weighted by atomic mass is 9.95. The van der Waals surface area contributed by atoms with E-state index in [1.165, 1.54) is 5.56 Å². The maximum absolute atomic E-state index is 9.15. The van der Waals surface area contributed by atoms with E-state index in [0.29, 0.717) is 12.5 Å². The van der Waals surface area contributed by atoms with Crippen molar-refractivity contribution >= 4 is 11.6 Å². The number of nitrogens with zero attached hydrogens (tertiary/aromatic N) is 1. The van der Waals surface area contributed by atoms with Crippen LogP contribution in [0.3, 0.4) is 0 Å². The number of halogens is 1. The maximum Gasteiger partial charge on any atom is 0.0995 e. The largest absolute Gasteiger partial charge is 0.306 e. The lowest BCUT2D eigenvalue weighted by molar-refractivity contribution is 0.410. The van der Waals surface area contributed by atoms with E-state index in [9.17, 15) is 0 Å². The quantitative estimate of drug-likeness (QED) is 0.868. The standard InChI is InChI=1S/C18H19ClN2/c1-13(2)18(14-7-9-17(19)10-8-14)21-12-16-6-4-3-5-15(16)11-20/h3-10,13,18,21H,12H2,1-2H3. The Morgan fingerprint density at radius 3 is 2.38 bits per heavy atom. The van der Waals surface area contributed by atoms with Crippen molar-refractivity contribution in [1.29, 1.82) is 5.26 Å². The van der Waals surface area contributed by atoms with Crippen molar-refractivity contribution < 1.29 is 0 Å². The van der Waals surface area contributed by atoms with Gasteiger partial charge < -0.3 is 5.32 Å². The Bertz CT molecular complexity index is 626. The molecule has 2 aromatic rings. The van der Waals surface area contributed by atoms with Gasteiger partial charge in [0.2, 0.25) is 0 Å². The maximum atomic E-state index is 9.15. The SMILES string of the molecule is CC(C)C(NCc1ccccc1C#N)c1ccc(Cl)cc1. The Morgan fingerprint density at radius 2 is 1.76 bits per heavy atom. The van der Waals surface area contributed by atoms with Gasteiger partial charge in [-0.15, -0.1) is 0 Å². The molecule has 0 radical (unpaired) electrons. The molecule has 0 fully saturated rings. The van der Waals surface area contributed by atoms with Gasteiger partial charge in [-0.3, -0.25) is 0 Å². The molecule has 0 aliphatic carbocycles. The summed E-state index contributed by atoms with van der Waals surface area (Å²) in [5.41, 5.74) is 2.96. The Labute approximate surface area is 131 Å². The number of benzene rings is 2. The Morgan fingerprint density at radius 1 is 1.10 bits per heavy atom. The van der Waals surface area contributed by atoms with Gasteiger partial charge in [0.05, 0.1) is 11.6 Å². The zero-order valence-corrected chi connectivity index (χ0v) is 13.1. The number of rotatable bonds is 5. The van der Waals surface area contributed by atoms with E-state index < -0.39 is 0 Å². The highest BCUT2D eigenvalue weighted by atomic mass is 35.5. The molecule has 1 N–H and O–H groups in total. The van der Waals surface area contributed by atoms with Crippen LogP contribution in [0.25, 0.3) is 0 Å². The van der Waals surface area contributed by atoms with Crippen molar-refractivity contribution in [2.75, 3.05) is 0 Å². The van der Waals surface area contributed by atoms with Gasteiger partial charge in [0.25, 0.3) is 0 Å². The molecule has 0 saturated heterocycles. The monoisotopic (exact) mass is 298 g/mol. The van der Waals surface area contributed by atoms with Gasteiger partial charge in [-0.1, -0.05) is 55.8 Å². The van der Waals surface area contributed by atoms with Crippen molar-refractivity contribution in [3.05, 3.63) is 70.2 Å². The minimum Gasteiger partial charge on any atom is -0.306 e. The highest BCUT2D eigenvalue weighted by molar-refractivity contribution is 6.30. The highest BCUT2D eigenvalue weighted by Crippen LogP contribution is 2.24. The third kappa shape index (κ3) is 4.07. The van der Waals surface area contributed by atoms with Crippen molar-refractivity contribution in [3.8, 4) is 6.07 Å². The van der Waals surface area contributed by atoms with Crippen LogP contribution < -0.4 is 5.32 Å². The Kier molecular flexibility index (Phi) is 5.38. The zero-order valence-electron chi connectivity index (χ0n) is 12.3. The first-order chi connectivity index (χ1) is 10.1. The molecular weight excluding hydrogens is 280 g/mol. The minimum absolute atomic E-state index is 0.231. The molecule has 2 aromatic carbocycles. The van der Waals surface area contributed by atoms with Gasteiger partial charge in [-0.25, -0.2) is 0 Å². The van der Waals surface area contributed by atoms with Crippen LogP contribution in [-0.2, 0) is 6.54 Å². The highest BCUT2D eigenvalue weighted by Gasteiger charge is 2.15. The van der Waals surface area contributed by atoms with Crippen molar-refractivity contribution in [1.82, 2.24) is 5.32 Å². The van der Waals surface area contributed by atoms with Crippen LogP contribution in [0.1, 0.15) is 36.6 Å². The molecule has 3 heteroatoms. The Hall–Kier alpha value is -1.82.